The lowest BCUT2D eigenvalue weighted by molar-refractivity contribution is 0.0744. The van der Waals surface area contributed by atoms with Crippen LogP contribution in [0.1, 0.15) is 29.6 Å². The Labute approximate surface area is 123 Å². The number of carbonyl (C=O) groups is 1. The molecule has 0 bridgehead atoms. The Morgan fingerprint density at radius 2 is 2.15 bits per heavy atom. The fourth-order valence-corrected chi connectivity index (χ4v) is 3.35. The van der Waals surface area contributed by atoms with Gasteiger partial charge in [0.1, 0.15) is 5.15 Å². The minimum Gasteiger partial charge on any atom is -0.397 e. The molecule has 2 saturated heterocycles. The van der Waals surface area contributed by atoms with Gasteiger partial charge in [-0.3, -0.25) is 9.69 Å². The third-order valence-corrected chi connectivity index (χ3v) is 4.43. The molecular formula is C14H19ClN4O. The lowest BCUT2D eigenvalue weighted by Gasteiger charge is -2.26. The summed E-state index contributed by atoms with van der Waals surface area (Å²) in [5, 5.41) is 0.305. The first-order valence-corrected chi connectivity index (χ1v) is 7.47. The molecule has 1 amide bonds. The molecule has 2 fully saturated rings. The largest absolute Gasteiger partial charge is 0.397 e. The number of halogens is 1. The maximum absolute atomic E-state index is 12.7. The number of anilines is 1. The van der Waals surface area contributed by atoms with Crippen molar-refractivity contribution in [2.75, 3.05) is 31.9 Å². The summed E-state index contributed by atoms with van der Waals surface area (Å²) in [5.74, 6) is -0.0273. The second-order valence-electron chi connectivity index (χ2n) is 5.53. The van der Waals surface area contributed by atoms with E-state index in [1.54, 1.807) is 6.07 Å². The van der Waals surface area contributed by atoms with E-state index in [-0.39, 0.29) is 5.91 Å². The first-order valence-electron chi connectivity index (χ1n) is 7.09. The van der Waals surface area contributed by atoms with Gasteiger partial charge in [0.25, 0.3) is 5.91 Å². The van der Waals surface area contributed by atoms with Gasteiger partial charge in [-0.1, -0.05) is 11.6 Å². The molecule has 3 heterocycles. The molecule has 6 heteroatoms. The number of nitrogen functional groups attached to an aromatic ring is 1. The van der Waals surface area contributed by atoms with Crippen molar-refractivity contribution in [2.45, 2.75) is 25.3 Å². The molecule has 2 aliphatic heterocycles. The van der Waals surface area contributed by atoms with Crippen LogP contribution in [0.3, 0.4) is 0 Å². The van der Waals surface area contributed by atoms with E-state index in [1.807, 2.05) is 4.90 Å². The van der Waals surface area contributed by atoms with Gasteiger partial charge in [0.05, 0.1) is 17.4 Å². The first kappa shape index (κ1) is 13.6. The Morgan fingerprint density at radius 3 is 3.00 bits per heavy atom. The highest BCUT2D eigenvalue weighted by Crippen LogP contribution is 2.24. The number of rotatable bonds is 1. The van der Waals surface area contributed by atoms with Crippen LogP contribution in [0.2, 0.25) is 5.15 Å². The standard InChI is InChI=1S/C14H19ClN4O/c15-13-7-11(12(16)8-17-13)14(20)19-6-2-5-18-4-1-3-10(18)9-19/h7-8,10H,1-6,9,16H2. The molecule has 1 aromatic heterocycles. The van der Waals surface area contributed by atoms with Crippen LogP contribution in [-0.4, -0.2) is 52.9 Å². The monoisotopic (exact) mass is 294 g/mol. The van der Waals surface area contributed by atoms with Crippen LogP contribution in [0.5, 0.6) is 0 Å². The van der Waals surface area contributed by atoms with E-state index in [0.29, 0.717) is 22.4 Å². The summed E-state index contributed by atoms with van der Waals surface area (Å²) in [7, 11) is 0. The molecule has 2 aliphatic rings. The number of aromatic nitrogens is 1. The smallest absolute Gasteiger partial charge is 0.256 e. The average Bonchev–Trinajstić information content (AvgIpc) is 2.78. The predicted molar refractivity (Wildman–Crippen MR) is 78.8 cm³/mol. The summed E-state index contributed by atoms with van der Waals surface area (Å²) in [6.45, 7) is 3.82. The van der Waals surface area contributed by atoms with Crippen molar-refractivity contribution < 1.29 is 4.79 Å². The van der Waals surface area contributed by atoms with E-state index in [2.05, 4.69) is 9.88 Å². The number of nitrogens with zero attached hydrogens (tertiary/aromatic N) is 3. The summed E-state index contributed by atoms with van der Waals surface area (Å²) < 4.78 is 0. The molecule has 1 unspecified atom stereocenters. The van der Waals surface area contributed by atoms with Crippen LogP contribution >= 0.6 is 11.6 Å². The lowest BCUT2D eigenvalue weighted by atomic mass is 10.1. The Balaban J connectivity index is 1.80. The third-order valence-electron chi connectivity index (χ3n) is 4.22. The number of fused-ring (bicyclic) bond motifs is 1. The number of amides is 1. The molecule has 20 heavy (non-hydrogen) atoms. The quantitative estimate of drug-likeness (QED) is 0.800. The summed E-state index contributed by atoms with van der Waals surface area (Å²) in [4.78, 5) is 21.0. The lowest BCUT2D eigenvalue weighted by Crippen LogP contribution is -2.39. The third kappa shape index (κ3) is 2.60. The number of hydrogen-bond donors (Lipinski definition) is 1. The first-order chi connectivity index (χ1) is 9.65. The van der Waals surface area contributed by atoms with Crippen molar-refractivity contribution in [1.82, 2.24) is 14.8 Å². The highest BCUT2D eigenvalue weighted by atomic mass is 35.5. The van der Waals surface area contributed by atoms with Gasteiger partial charge < -0.3 is 10.6 Å². The van der Waals surface area contributed by atoms with Crippen molar-refractivity contribution in [3.05, 3.63) is 23.0 Å². The van der Waals surface area contributed by atoms with Gasteiger partial charge in [0.2, 0.25) is 0 Å². The van der Waals surface area contributed by atoms with Gasteiger partial charge in [-0.05, 0) is 31.9 Å². The molecule has 108 valence electrons. The van der Waals surface area contributed by atoms with Crippen LogP contribution in [-0.2, 0) is 0 Å². The SMILES string of the molecule is Nc1cnc(Cl)cc1C(=O)N1CCCN2CCCC2C1. The van der Waals surface area contributed by atoms with E-state index >= 15 is 0 Å². The fourth-order valence-electron chi connectivity index (χ4n) is 3.19. The minimum atomic E-state index is -0.0273. The van der Waals surface area contributed by atoms with Crippen molar-refractivity contribution in [3.63, 3.8) is 0 Å². The molecule has 5 nitrogen and oxygen atoms in total. The maximum Gasteiger partial charge on any atom is 0.256 e. The normalized spacial score (nSPS) is 23.4. The fraction of sp³-hybridized carbons (Fsp3) is 0.571. The van der Waals surface area contributed by atoms with Gasteiger partial charge in [-0.15, -0.1) is 0 Å². The van der Waals surface area contributed by atoms with E-state index in [1.165, 1.54) is 19.0 Å². The zero-order valence-corrected chi connectivity index (χ0v) is 12.1. The summed E-state index contributed by atoms with van der Waals surface area (Å²) >= 11 is 5.88. The molecule has 0 spiro atoms. The van der Waals surface area contributed by atoms with E-state index in [4.69, 9.17) is 17.3 Å². The number of pyridine rings is 1. The van der Waals surface area contributed by atoms with Gasteiger partial charge in [0.15, 0.2) is 0 Å². The number of nitrogens with two attached hydrogens (primary N) is 1. The van der Waals surface area contributed by atoms with E-state index in [0.717, 1.165) is 32.6 Å². The second-order valence-corrected chi connectivity index (χ2v) is 5.92. The van der Waals surface area contributed by atoms with Crippen molar-refractivity contribution in [1.29, 1.82) is 0 Å². The molecule has 0 aromatic carbocycles. The van der Waals surface area contributed by atoms with Gasteiger partial charge in [0, 0.05) is 25.7 Å². The highest BCUT2D eigenvalue weighted by Gasteiger charge is 2.31. The minimum absolute atomic E-state index is 0.0273. The van der Waals surface area contributed by atoms with Crippen molar-refractivity contribution >= 4 is 23.2 Å². The second kappa shape index (κ2) is 5.58. The molecule has 2 N–H and O–H groups in total. The predicted octanol–water partition coefficient (Wildman–Crippen LogP) is 1.63. The van der Waals surface area contributed by atoms with Crippen LogP contribution < -0.4 is 5.73 Å². The average molecular weight is 295 g/mol. The molecule has 1 atom stereocenters. The Morgan fingerprint density at radius 1 is 1.35 bits per heavy atom. The molecule has 3 rings (SSSR count). The van der Waals surface area contributed by atoms with Gasteiger partial charge >= 0.3 is 0 Å². The Hall–Kier alpha value is -1.33. The van der Waals surface area contributed by atoms with E-state index in [9.17, 15) is 4.79 Å². The molecule has 0 aliphatic carbocycles. The number of hydrogen-bond acceptors (Lipinski definition) is 4. The maximum atomic E-state index is 12.7. The van der Waals surface area contributed by atoms with Crippen molar-refractivity contribution in [3.8, 4) is 0 Å². The van der Waals surface area contributed by atoms with E-state index < -0.39 is 0 Å². The van der Waals surface area contributed by atoms with Crippen LogP contribution in [0.15, 0.2) is 12.3 Å². The summed E-state index contributed by atoms with van der Waals surface area (Å²) in [6.07, 6.45) is 4.88. The van der Waals surface area contributed by atoms with Crippen LogP contribution in [0.25, 0.3) is 0 Å². The number of carbonyl (C=O) groups excluding carboxylic acids is 1. The molecule has 0 saturated carbocycles. The summed E-state index contributed by atoms with van der Waals surface area (Å²) in [6, 6.07) is 2.07. The van der Waals surface area contributed by atoms with Gasteiger partial charge in [-0.25, -0.2) is 4.98 Å². The molecule has 0 radical (unpaired) electrons. The highest BCUT2D eigenvalue weighted by molar-refractivity contribution is 6.29. The van der Waals surface area contributed by atoms with Crippen molar-refractivity contribution in [2.24, 2.45) is 0 Å². The Kier molecular flexibility index (Phi) is 3.81. The molecular weight excluding hydrogens is 276 g/mol. The zero-order chi connectivity index (χ0) is 14.1. The van der Waals surface area contributed by atoms with Crippen LogP contribution in [0, 0.1) is 0 Å². The zero-order valence-electron chi connectivity index (χ0n) is 11.4. The topological polar surface area (TPSA) is 62.5 Å². The molecule has 1 aromatic rings. The Bertz CT molecular complexity index is 522. The van der Waals surface area contributed by atoms with Gasteiger partial charge in [-0.2, -0.15) is 0 Å². The summed E-state index contributed by atoms with van der Waals surface area (Å²) in [5.41, 5.74) is 6.73. The van der Waals surface area contributed by atoms with Crippen LogP contribution in [0.4, 0.5) is 5.69 Å².